The van der Waals surface area contributed by atoms with Gasteiger partial charge < -0.3 is 10.2 Å². The fourth-order valence-corrected chi connectivity index (χ4v) is 2.33. The number of aromatic nitrogens is 2. The monoisotopic (exact) mass is 222 g/mol. The van der Waals surface area contributed by atoms with Gasteiger partial charge in [0.05, 0.1) is 6.20 Å². The average Bonchev–Trinajstić information content (AvgIpc) is 2.81. The van der Waals surface area contributed by atoms with Crippen LogP contribution in [0.15, 0.2) is 12.4 Å². The summed E-state index contributed by atoms with van der Waals surface area (Å²) >= 11 is 0. The van der Waals surface area contributed by atoms with Gasteiger partial charge in [-0.05, 0) is 33.4 Å². The first-order valence-corrected chi connectivity index (χ1v) is 6.19. The van der Waals surface area contributed by atoms with Crippen molar-refractivity contribution in [2.24, 2.45) is 0 Å². The van der Waals surface area contributed by atoms with Crippen molar-refractivity contribution in [3.05, 3.63) is 18.0 Å². The quantitative estimate of drug-likeness (QED) is 0.812. The molecule has 2 unspecified atom stereocenters. The second kappa shape index (κ2) is 5.46. The summed E-state index contributed by atoms with van der Waals surface area (Å²) in [6.45, 7) is 4.50. The van der Waals surface area contributed by atoms with Crippen molar-refractivity contribution >= 4 is 0 Å². The fraction of sp³-hybridized carbons (Fsp3) is 0.750. The highest BCUT2D eigenvalue weighted by molar-refractivity contribution is 5.07. The Kier molecular flexibility index (Phi) is 3.96. The van der Waals surface area contributed by atoms with Crippen LogP contribution in [-0.4, -0.2) is 41.3 Å². The van der Waals surface area contributed by atoms with Crippen LogP contribution in [-0.2, 0) is 0 Å². The van der Waals surface area contributed by atoms with E-state index in [0.717, 1.165) is 6.54 Å². The summed E-state index contributed by atoms with van der Waals surface area (Å²) in [4.78, 5) is 2.47. The molecule has 1 aromatic heterocycles. The van der Waals surface area contributed by atoms with Gasteiger partial charge >= 0.3 is 0 Å². The van der Waals surface area contributed by atoms with Crippen molar-refractivity contribution in [3.8, 4) is 0 Å². The first kappa shape index (κ1) is 11.6. The molecule has 16 heavy (non-hydrogen) atoms. The average molecular weight is 222 g/mol. The molecule has 0 saturated carbocycles. The van der Waals surface area contributed by atoms with Gasteiger partial charge in [0.15, 0.2) is 0 Å². The number of nitrogens with zero attached hydrogens (tertiary/aromatic N) is 2. The molecule has 0 bridgehead atoms. The standard InChI is InChI=1S/C12H22N4/c1-10(11-7-14-15-8-11)13-9-12-5-3-4-6-16(12)2/h7-8,10,12-13H,3-6,9H2,1-2H3,(H,14,15). The van der Waals surface area contributed by atoms with Gasteiger partial charge in [-0.1, -0.05) is 6.42 Å². The Balaban J connectivity index is 1.78. The summed E-state index contributed by atoms with van der Waals surface area (Å²) in [5, 5.41) is 10.4. The minimum atomic E-state index is 0.383. The van der Waals surface area contributed by atoms with Gasteiger partial charge in [0.2, 0.25) is 0 Å². The normalized spacial score (nSPS) is 24.5. The molecular weight excluding hydrogens is 200 g/mol. The number of likely N-dealkylation sites (N-methyl/N-ethyl adjacent to an activating group) is 1. The molecule has 0 radical (unpaired) electrons. The van der Waals surface area contributed by atoms with Crippen LogP contribution >= 0.6 is 0 Å². The molecule has 4 heteroatoms. The second-order valence-electron chi connectivity index (χ2n) is 4.79. The van der Waals surface area contributed by atoms with Gasteiger partial charge in [-0.15, -0.1) is 0 Å². The molecule has 0 aliphatic carbocycles. The summed E-state index contributed by atoms with van der Waals surface area (Å²) in [5.41, 5.74) is 1.23. The second-order valence-corrected chi connectivity index (χ2v) is 4.79. The maximum Gasteiger partial charge on any atom is 0.0534 e. The third kappa shape index (κ3) is 2.83. The Labute approximate surface area is 97.4 Å². The molecule has 90 valence electrons. The third-order valence-electron chi connectivity index (χ3n) is 3.60. The zero-order valence-electron chi connectivity index (χ0n) is 10.2. The maximum absolute atomic E-state index is 3.98. The van der Waals surface area contributed by atoms with E-state index in [9.17, 15) is 0 Å². The van der Waals surface area contributed by atoms with Crippen LogP contribution in [0.1, 0.15) is 37.8 Å². The smallest absolute Gasteiger partial charge is 0.0534 e. The van der Waals surface area contributed by atoms with Crippen LogP contribution in [0.2, 0.25) is 0 Å². The number of aromatic amines is 1. The van der Waals surface area contributed by atoms with Crippen molar-refractivity contribution in [3.63, 3.8) is 0 Å². The summed E-state index contributed by atoms with van der Waals surface area (Å²) in [6.07, 6.45) is 7.90. The number of H-pyrrole nitrogens is 1. The Morgan fingerprint density at radius 2 is 2.50 bits per heavy atom. The number of nitrogens with one attached hydrogen (secondary N) is 2. The molecule has 2 heterocycles. The van der Waals surface area contributed by atoms with Crippen LogP contribution in [0, 0.1) is 0 Å². The Bertz CT molecular complexity index is 296. The first-order chi connectivity index (χ1) is 7.77. The minimum absolute atomic E-state index is 0.383. The van der Waals surface area contributed by atoms with Crippen molar-refractivity contribution in [1.29, 1.82) is 0 Å². The molecule has 0 spiro atoms. The lowest BCUT2D eigenvalue weighted by Gasteiger charge is -2.33. The minimum Gasteiger partial charge on any atom is -0.309 e. The number of hydrogen-bond donors (Lipinski definition) is 2. The molecule has 1 aliphatic rings. The lowest BCUT2D eigenvalue weighted by atomic mass is 10.0. The van der Waals surface area contributed by atoms with E-state index >= 15 is 0 Å². The Hall–Kier alpha value is -0.870. The highest BCUT2D eigenvalue weighted by atomic mass is 15.2. The molecule has 1 aromatic rings. The van der Waals surface area contributed by atoms with E-state index in [-0.39, 0.29) is 0 Å². The van der Waals surface area contributed by atoms with Gasteiger partial charge in [0.1, 0.15) is 0 Å². The molecule has 1 saturated heterocycles. The molecule has 2 atom stereocenters. The molecule has 2 rings (SSSR count). The van der Waals surface area contributed by atoms with Crippen LogP contribution in [0.3, 0.4) is 0 Å². The van der Waals surface area contributed by atoms with Crippen molar-refractivity contribution in [1.82, 2.24) is 20.4 Å². The highest BCUT2D eigenvalue weighted by Gasteiger charge is 2.19. The van der Waals surface area contributed by atoms with Crippen molar-refractivity contribution < 1.29 is 0 Å². The number of rotatable bonds is 4. The predicted octanol–water partition coefficient (Wildman–Crippen LogP) is 1.54. The molecule has 1 fully saturated rings. The van der Waals surface area contributed by atoms with E-state index in [0.29, 0.717) is 12.1 Å². The fourth-order valence-electron chi connectivity index (χ4n) is 2.33. The summed E-state index contributed by atoms with van der Waals surface area (Å²) in [6, 6.07) is 1.08. The topological polar surface area (TPSA) is 44.0 Å². The van der Waals surface area contributed by atoms with Crippen LogP contribution < -0.4 is 5.32 Å². The lowest BCUT2D eigenvalue weighted by molar-refractivity contribution is 0.178. The zero-order valence-corrected chi connectivity index (χ0v) is 10.2. The van der Waals surface area contributed by atoms with E-state index in [1.165, 1.54) is 31.4 Å². The van der Waals surface area contributed by atoms with E-state index in [1.807, 2.05) is 12.4 Å². The summed E-state index contributed by atoms with van der Waals surface area (Å²) in [7, 11) is 2.23. The van der Waals surface area contributed by atoms with Crippen LogP contribution in [0.5, 0.6) is 0 Å². The van der Waals surface area contributed by atoms with E-state index < -0.39 is 0 Å². The first-order valence-electron chi connectivity index (χ1n) is 6.19. The summed E-state index contributed by atoms with van der Waals surface area (Å²) < 4.78 is 0. The third-order valence-corrected chi connectivity index (χ3v) is 3.60. The largest absolute Gasteiger partial charge is 0.309 e. The van der Waals surface area contributed by atoms with Gasteiger partial charge in [-0.3, -0.25) is 5.10 Å². The molecule has 4 nitrogen and oxygen atoms in total. The molecule has 1 aliphatic heterocycles. The number of hydrogen-bond acceptors (Lipinski definition) is 3. The van der Waals surface area contributed by atoms with Gasteiger partial charge in [-0.2, -0.15) is 5.10 Å². The van der Waals surface area contributed by atoms with E-state index in [1.54, 1.807) is 0 Å². The maximum atomic E-state index is 3.98. The predicted molar refractivity (Wildman–Crippen MR) is 65.3 cm³/mol. The van der Waals surface area contributed by atoms with Crippen molar-refractivity contribution in [2.45, 2.75) is 38.3 Å². The van der Waals surface area contributed by atoms with Crippen LogP contribution in [0.25, 0.3) is 0 Å². The van der Waals surface area contributed by atoms with Crippen LogP contribution in [0.4, 0.5) is 0 Å². The molecule has 0 aromatic carbocycles. The SMILES string of the molecule is CC(NCC1CCCCN1C)c1cn[nH]c1. The van der Waals surface area contributed by atoms with Gasteiger partial charge in [0.25, 0.3) is 0 Å². The lowest BCUT2D eigenvalue weighted by Crippen LogP contribution is -2.43. The number of likely N-dealkylation sites (tertiary alicyclic amines) is 1. The molecular formula is C12H22N4. The Morgan fingerprint density at radius 3 is 3.19 bits per heavy atom. The highest BCUT2D eigenvalue weighted by Crippen LogP contribution is 2.16. The summed E-state index contributed by atoms with van der Waals surface area (Å²) in [5.74, 6) is 0. The van der Waals surface area contributed by atoms with Gasteiger partial charge in [-0.25, -0.2) is 0 Å². The molecule has 0 amide bonds. The Morgan fingerprint density at radius 1 is 1.62 bits per heavy atom. The molecule has 2 N–H and O–H groups in total. The van der Waals surface area contributed by atoms with Gasteiger partial charge in [0, 0.05) is 30.4 Å². The van der Waals surface area contributed by atoms with E-state index in [2.05, 4.69) is 34.4 Å². The zero-order chi connectivity index (χ0) is 11.4. The van der Waals surface area contributed by atoms with Crippen molar-refractivity contribution in [2.75, 3.05) is 20.1 Å². The van der Waals surface area contributed by atoms with E-state index in [4.69, 9.17) is 0 Å². The number of piperidine rings is 1.